The molecule has 0 saturated heterocycles. The van der Waals surface area contributed by atoms with Gasteiger partial charge in [-0.15, -0.1) is 0 Å². The molecule has 0 aliphatic carbocycles. The first-order valence-corrected chi connectivity index (χ1v) is 6.55. The Labute approximate surface area is 126 Å². The van der Waals surface area contributed by atoms with Gasteiger partial charge in [0.1, 0.15) is 5.75 Å². The molecule has 6 heteroatoms. The van der Waals surface area contributed by atoms with E-state index in [9.17, 15) is 18.0 Å². The standard InChI is InChI=1S/C14H8F3IO2/c1-20-11-5-2-7(18)6-9(11)14(19)8-3-4-10(15)13(17)12(8)16/h2-6H,1H3. The molecule has 0 fully saturated rings. The van der Waals surface area contributed by atoms with Crippen molar-refractivity contribution in [2.24, 2.45) is 0 Å². The third kappa shape index (κ3) is 2.65. The van der Waals surface area contributed by atoms with Crippen LogP contribution in [0.15, 0.2) is 30.3 Å². The number of methoxy groups -OCH3 is 1. The maximum absolute atomic E-state index is 13.7. The molecular formula is C14H8F3IO2. The maximum atomic E-state index is 13.7. The van der Waals surface area contributed by atoms with E-state index in [-0.39, 0.29) is 11.3 Å². The molecule has 0 saturated carbocycles. The fourth-order valence-corrected chi connectivity index (χ4v) is 2.20. The highest BCUT2D eigenvalue weighted by Gasteiger charge is 2.22. The quantitative estimate of drug-likeness (QED) is 0.449. The fourth-order valence-electron chi connectivity index (χ4n) is 1.70. The lowest BCUT2D eigenvalue weighted by Gasteiger charge is -2.09. The van der Waals surface area contributed by atoms with Gasteiger partial charge < -0.3 is 4.74 Å². The average molecular weight is 392 g/mol. The van der Waals surface area contributed by atoms with Crippen LogP contribution in [0.2, 0.25) is 0 Å². The molecular weight excluding hydrogens is 384 g/mol. The van der Waals surface area contributed by atoms with Crippen LogP contribution in [-0.2, 0) is 0 Å². The van der Waals surface area contributed by atoms with E-state index >= 15 is 0 Å². The van der Waals surface area contributed by atoms with Gasteiger partial charge in [0.05, 0.1) is 18.2 Å². The lowest BCUT2D eigenvalue weighted by molar-refractivity contribution is 0.103. The Hall–Kier alpha value is -1.57. The first-order valence-electron chi connectivity index (χ1n) is 5.47. The number of ketones is 1. The molecule has 0 spiro atoms. The normalized spacial score (nSPS) is 10.4. The molecule has 2 nitrogen and oxygen atoms in total. The van der Waals surface area contributed by atoms with Gasteiger partial charge in [-0.2, -0.15) is 0 Å². The maximum Gasteiger partial charge on any atom is 0.199 e. The van der Waals surface area contributed by atoms with Gasteiger partial charge in [0, 0.05) is 3.57 Å². The van der Waals surface area contributed by atoms with Crippen molar-refractivity contribution in [2.45, 2.75) is 0 Å². The van der Waals surface area contributed by atoms with E-state index in [0.717, 1.165) is 9.64 Å². The van der Waals surface area contributed by atoms with Crippen LogP contribution in [-0.4, -0.2) is 12.9 Å². The smallest absolute Gasteiger partial charge is 0.199 e. The lowest BCUT2D eigenvalue weighted by Crippen LogP contribution is -2.09. The van der Waals surface area contributed by atoms with Crippen molar-refractivity contribution >= 4 is 28.4 Å². The number of hydrogen-bond donors (Lipinski definition) is 0. The number of benzene rings is 2. The van der Waals surface area contributed by atoms with E-state index in [0.29, 0.717) is 6.07 Å². The molecule has 20 heavy (non-hydrogen) atoms. The summed E-state index contributed by atoms with van der Waals surface area (Å²) >= 11 is 1.98. The molecule has 0 aliphatic rings. The molecule has 0 aliphatic heterocycles. The molecule has 0 bridgehead atoms. The molecule has 104 valence electrons. The van der Waals surface area contributed by atoms with Crippen molar-refractivity contribution in [3.8, 4) is 5.75 Å². The van der Waals surface area contributed by atoms with Crippen LogP contribution >= 0.6 is 22.6 Å². The van der Waals surface area contributed by atoms with E-state index in [1.54, 1.807) is 12.1 Å². The van der Waals surface area contributed by atoms with Crippen LogP contribution in [0.4, 0.5) is 13.2 Å². The van der Waals surface area contributed by atoms with Crippen molar-refractivity contribution < 1.29 is 22.7 Å². The number of halogens is 4. The van der Waals surface area contributed by atoms with E-state index in [1.807, 2.05) is 22.6 Å². The number of carbonyl (C=O) groups excluding carboxylic acids is 1. The molecule has 0 radical (unpaired) electrons. The topological polar surface area (TPSA) is 26.3 Å². The summed E-state index contributed by atoms with van der Waals surface area (Å²) in [7, 11) is 1.36. The second kappa shape index (κ2) is 5.82. The zero-order valence-corrected chi connectivity index (χ0v) is 12.4. The fraction of sp³-hybridized carbons (Fsp3) is 0.0714. The van der Waals surface area contributed by atoms with Crippen molar-refractivity contribution in [3.05, 3.63) is 62.5 Å². The van der Waals surface area contributed by atoms with Crippen molar-refractivity contribution in [3.63, 3.8) is 0 Å². The third-order valence-electron chi connectivity index (χ3n) is 2.69. The Bertz CT molecular complexity index is 686. The summed E-state index contributed by atoms with van der Waals surface area (Å²) in [4.78, 5) is 12.3. The van der Waals surface area contributed by atoms with Gasteiger partial charge in [0.15, 0.2) is 23.2 Å². The Balaban J connectivity index is 2.57. The number of ether oxygens (including phenoxy) is 1. The van der Waals surface area contributed by atoms with Crippen molar-refractivity contribution in [1.29, 1.82) is 0 Å². The molecule has 0 heterocycles. The minimum Gasteiger partial charge on any atom is -0.496 e. The van der Waals surface area contributed by atoms with E-state index in [2.05, 4.69) is 0 Å². The molecule has 0 atom stereocenters. The summed E-state index contributed by atoms with van der Waals surface area (Å²) in [5, 5.41) is 0. The summed E-state index contributed by atoms with van der Waals surface area (Å²) in [6.07, 6.45) is 0. The van der Waals surface area contributed by atoms with Crippen LogP contribution in [0.25, 0.3) is 0 Å². The predicted molar refractivity (Wildman–Crippen MR) is 75.5 cm³/mol. The van der Waals surface area contributed by atoms with Gasteiger partial charge in [-0.05, 0) is 52.9 Å². The van der Waals surface area contributed by atoms with Crippen molar-refractivity contribution in [2.75, 3.05) is 7.11 Å². The predicted octanol–water partition coefficient (Wildman–Crippen LogP) is 3.95. The second-order valence-electron chi connectivity index (χ2n) is 3.90. The van der Waals surface area contributed by atoms with Gasteiger partial charge in [-0.3, -0.25) is 4.79 Å². The highest BCUT2D eigenvalue weighted by molar-refractivity contribution is 14.1. The first kappa shape index (κ1) is 14.8. The summed E-state index contributed by atoms with van der Waals surface area (Å²) in [5.74, 6) is -5.04. The first-order chi connectivity index (χ1) is 9.45. The van der Waals surface area contributed by atoms with Gasteiger partial charge in [0.2, 0.25) is 0 Å². The van der Waals surface area contributed by atoms with E-state index in [4.69, 9.17) is 4.74 Å². The van der Waals surface area contributed by atoms with Crippen molar-refractivity contribution in [1.82, 2.24) is 0 Å². The monoisotopic (exact) mass is 392 g/mol. The Morgan fingerprint density at radius 2 is 1.75 bits per heavy atom. The Morgan fingerprint density at radius 3 is 2.40 bits per heavy atom. The van der Waals surface area contributed by atoms with Gasteiger partial charge in [0.25, 0.3) is 0 Å². The second-order valence-corrected chi connectivity index (χ2v) is 5.14. The largest absolute Gasteiger partial charge is 0.496 e. The summed E-state index contributed by atoms with van der Waals surface area (Å²) in [6.45, 7) is 0. The highest BCUT2D eigenvalue weighted by atomic mass is 127. The van der Waals surface area contributed by atoms with Gasteiger partial charge in [-0.1, -0.05) is 0 Å². The molecule has 0 amide bonds. The summed E-state index contributed by atoms with van der Waals surface area (Å²) in [5.41, 5.74) is -0.450. The number of carbonyl (C=O) groups is 1. The molecule has 0 N–H and O–H groups in total. The number of rotatable bonds is 3. The summed E-state index contributed by atoms with van der Waals surface area (Å²) in [6, 6.07) is 6.37. The highest BCUT2D eigenvalue weighted by Crippen LogP contribution is 2.26. The number of hydrogen-bond acceptors (Lipinski definition) is 2. The van der Waals surface area contributed by atoms with E-state index < -0.39 is 28.8 Å². The van der Waals surface area contributed by atoms with Gasteiger partial charge in [-0.25, -0.2) is 13.2 Å². The molecule has 2 aromatic carbocycles. The molecule has 0 aromatic heterocycles. The van der Waals surface area contributed by atoms with Crippen LogP contribution in [0.5, 0.6) is 5.75 Å². The van der Waals surface area contributed by atoms with Crippen LogP contribution in [0.1, 0.15) is 15.9 Å². The van der Waals surface area contributed by atoms with Gasteiger partial charge >= 0.3 is 0 Å². The molecule has 2 aromatic rings. The SMILES string of the molecule is COc1ccc(I)cc1C(=O)c1ccc(F)c(F)c1F. The Morgan fingerprint density at radius 1 is 1.05 bits per heavy atom. The zero-order valence-electron chi connectivity index (χ0n) is 10.2. The lowest BCUT2D eigenvalue weighted by atomic mass is 10.0. The minimum atomic E-state index is -1.67. The third-order valence-corrected chi connectivity index (χ3v) is 3.36. The average Bonchev–Trinajstić information content (AvgIpc) is 2.44. The minimum absolute atomic E-state index is 0.0873. The zero-order chi connectivity index (χ0) is 14.9. The van der Waals surface area contributed by atoms with Crippen LogP contribution < -0.4 is 4.74 Å². The summed E-state index contributed by atoms with van der Waals surface area (Å²) < 4.78 is 45.5. The van der Waals surface area contributed by atoms with E-state index in [1.165, 1.54) is 13.2 Å². The Kier molecular flexibility index (Phi) is 4.32. The molecule has 0 unspecified atom stereocenters. The van der Waals surface area contributed by atoms with Crippen LogP contribution in [0, 0.1) is 21.0 Å². The van der Waals surface area contributed by atoms with Crippen LogP contribution in [0.3, 0.4) is 0 Å². The molecule has 2 rings (SSSR count).